The molecule has 0 aliphatic heterocycles. The minimum Gasteiger partial charge on any atom is -0.491 e. The number of benzene rings is 2. The fourth-order valence-electron chi connectivity index (χ4n) is 2.43. The molecule has 0 atom stereocenters. The SMILES string of the molecule is COCCNC(=O)c1ccccc1NC(=S)NC(=O)c1ccc(OCCOC)cc1. The molecule has 0 spiro atoms. The van der Waals surface area contributed by atoms with Gasteiger partial charge in [0.2, 0.25) is 0 Å². The quantitative estimate of drug-likeness (QED) is 0.392. The van der Waals surface area contributed by atoms with Crippen molar-refractivity contribution in [2.45, 2.75) is 0 Å². The summed E-state index contributed by atoms with van der Waals surface area (Å²) in [6, 6.07) is 13.5. The molecule has 0 aromatic heterocycles. The highest BCUT2D eigenvalue weighted by Crippen LogP contribution is 2.15. The molecule has 0 saturated heterocycles. The highest BCUT2D eigenvalue weighted by molar-refractivity contribution is 7.80. The number of carbonyl (C=O) groups excluding carboxylic acids is 2. The Morgan fingerprint density at radius 1 is 0.900 bits per heavy atom. The smallest absolute Gasteiger partial charge is 0.257 e. The molecule has 3 N–H and O–H groups in total. The zero-order valence-electron chi connectivity index (χ0n) is 16.9. The number of hydrogen-bond acceptors (Lipinski definition) is 6. The number of amides is 2. The van der Waals surface area contributed by atoms with E-state index < -0.39 is 0 Å². The van der Waals surface area contributed by atoms with E-state index in [2.05, 4.69) is 16.0 Å². The summed E-state index contributed by atoms with van der Waals surface area (Å²) in [5, 5.41) is 8.33. The summed E-state index contributed by atoms with van der Waals surface area (Å²) < 4.78 is 15.3. The first kappa shape index (κ1) is 23.3. The fourth-order valence-corrected chi connectivity index (χ4v) is 2.63. The summed E-state index contributed by atoms with van der Waals surface area (Å²) in [7, 11) is 3.16. The number of nitrogens with one attached hydrogen (secondary N) is 3. The lowest BCUT2D eigenvalue weighted by Crippen LogP contribution is -2.35. The Balaban J connectivity index is 1.94. The molecule has 0 heterocycles. The molecule has 9 heteroatoms. The number of ether oxygens (including phenoxy) is 3. The van der Waals surface area contributed by atoms with Gasteiger partial charge in [-0.3, -0.25) is 14.9 Å². The van der Waals surface area contributed by atoms with Crippen LogP contribution in [-0.4, -0.2) is 57.5 Å². The van der Waals surface area contributed by atoms with Crippen molar-refractivity contribution in [1.82, 2.24) is 10.6 Å². The molecule has 2 aromatic carbocycles. The molecule has 2 rings (SSSR count). The van der Waals surface area contributed by atoms with E-state index in [1.54, 1.807) is 62.8 Å². The van der Waals surface area contributed by atoms with Crippen LogP contribution in [0.2, 0.25) is 0 Å². The van der Waals surface area contributed by atoms with Crippen LogP contribution in [0.15, 0.2) is 48.5 Å². The summed E-state index contributed by atoms with van der Waals surface area (Å²) in [6.07, 6.45) is 0. The van der Waals surface area contributed by atoms with E-state index in [0.29, 0.717) is 48.9 Å². The summed E-state index contributed by atoms with van der Waals surface area (Å²) in [5.74, 6) is -0.0102. The van der Waals surface area contributed by atoms with Gasteiger partial charge in [-0.15, -0.1) is 0 Å². The number of para-hydroxylation sites is 1. The Kier molecular flexibility index (Phi) is 9.72. The molecule has 0 aliphatic rings. The lowest BCUT2D eigenvalue weighted by Gasteiger charge is -2.13. The van der Waals surface area contributed by atoms with E-state index in [4.69, 9.17) is 26.4 Å². The van der Waals surface area contributed by atoms with Crippen LogP contribution in [0.25, 0.3) is 0 Å². The van der Waals surface area contributed by atoms with Gasteiger partial charge in [0.15, 0.2) is 5.11 Å². The highest BCUT2D eigenvalue weighted by atomic mass is 32.1. The van der Waals surface area contributed by atoms with E-state index >= 15 is 0 Å². The highest BCUT2D eigenvalue weighted by Gasteiger charge is 2.13. The molecule has 0 unspecified atom stereocenters. The maximum Gasteiger partial charge on any atom is 0.257 e. The van der Waals surface area contributed by atoms with Gasteiger partial charge < -0.3 is 24.8 Å². The van der Waals surface area contributed by atoms with Crippen LogP contribution in [0, 0.1) is 0 Å². The Hall–Kier alpha value is -3.01. The van der Waals surface area contributed by atoms with Crippen LogP contribution in [0.1, 0.15) is 20.7 Å². The van der Waals surface area contributed by atoms with E-state index in [9.17, 15) is 9.59 Å². The molecule has 0 saturated carbocycles. The van der Waals surface area contributed by atoms with Gasteiger partial charge in [-0.25, -0.2) is 0 Å². The van der Waals surface area contributed by atoms with Gasteiger partial charge >= 0.3 is 0 Å². The average molecular weight is 432 g/mol. The molecular formula is C21H25N3O5S. The minimum atomic E-state index is -0.377. The van der Waals surface area contributed by atoms with Crippen LogP contribution in [0.4, 0.5) is 5.69 Å². The lowest BCUT2D eigenvalue weighted by molar-refractivity contribution is 0.0936. The number of carbonyl (C=O) groups is 2. The van der Waals surface area contributed by atoms with Crippen molar-refractivity contribution >= 4 is 34.8 Å². The third kappa shape index (κ3) is 7.43. The van der Waals surface area contributed by atoms with E-state index in [-0.39, 0.29) is 16.9 Å². The predicted octanol–water partition coefficient (Wildman–Crippen LogP) is 2.21. The third-order valence-electron chi connectivity index (χ3n) is 3.91. The number of anilines is 1. The van der Waals surface area contributed by atoms with E-state index in [0.717, 1.165) is 0 Å². The van der Waals surface area contributed by atoms with Gasteiger partial charge in [-0.1, -0.05) is 12.1 Å². The molecule has 30 heavy (non-hydrogen) atoms. The van der Waals surface area contributed by atoms with Crippen LogP contribution >= 0.6 is 12.2 Å². The molecule has 160 valence electrons. The first-order valence-electron chi connectivity index (χ1n) is 9.25. The number of thiocarbonyl (C=S) groups is 1. The maximum atomic E-state index is 12.4. The van der Waals surface area contributed by atoms with E-state index in [1.165, 1.54) is 0 Å². The second-order valence-corrected chi connectivity index (χ2v) is 6.48. The molecule has 0 radical (unpaired) electrons. The topological polar surface area (TPSA) is 97.9 Å². The molecule has 2 aromatic rings. The van der Waals surface area contributed by atoms with Crippen molar-refractivity contribution in [3.05, 3.63) is 59.7 Å². The number of methoxy groups -OCH3 is 2. The van der Waals surface area contributed by atoms with Gasteiger partial charge in [0, 0.05) is 26.3 Å². The van der Waals surface area contributed by atoms with Crippen LogP contribution < -0.4 is 20.7 Å². The summed E-state index contributed by atoms with van der Waals surface area (Å²) in [6.45, 7) is 1.70. The van der Waals surface area contributed by atoms with Gasteiger partial charge in [0.1, 0.15) is 12.4 Å². The van der Waals surface area contributed by atoms with Gasteiger partial charge in [-0.2, -0.15) is 0 Å². The van der Waals surface area contributed by atoms with E-state index in [1.807, 2.05) is 0 Å². The molecular weight excluding hydrogens is 406 g/mol. The number of rotatable bonds is 10. The third-order valence-corrected chi connectivity index (χ3v) is 4.12. The minimum absolute atomic E-state index is 0.0811. The zero-order valence-corrected chi connectivity index (χ0v) is 17.7. The Morgan fingerprint density at radius 2 is 1.60 bits per heavy atom. The van der Waals surface area contributed by atoms with Gasteiger partial charge in [0.05, 0.1) is 24.5 Å². The monoisotopic (exact) mass is 431 g/mol. The average Bonchev–Trinajstić information content (AvgIpc) is 2.74. The molecule has 0 fully saturated rings. The lowest BCUT2D eigenvalue weighted by atomic mass is 10.1. The van der Waals surface area contributed by atoms with Crippen LogP contribution in [-0.2, 0) is 9.47 Å². The molecule has 0 bridgehead atoms. The summed E-state index contributed by atoms with van der Waals surface area (Å²) in [4.78, 5) is 24.8. The molecule has 8 nitrogen and oxygen atoms in total. The largest absolute Gasteiger partial charge is 0.491 e. The summed E-state index contributed by atoms with van der Waals surface area (Å²) in [5.41, 5.74) is 1.31. The second-order valence-electron chi connectivity index (χ2n) is 6.07. The van der Waals surface area contributed by atoms with Crippen molar-refractivity contribution in [3.8, 4) is 5.75 Å². The standard InChI is InChI=1S/C21H25N3O5S/c1-27-12-11-22-20(26)17-5-3-4-6-18(17)23-21(30)24-19(25)15-7-9-16(10-8-15)29-14-13-28-2/h3-10H,11-14H2,1-2H3,(H,22,26)(H2,23,24,25,30). The first-order valence-corrected chi connectivity index (χ1v) is 9.66. The Labute approximate surface area is 180 Å². The zero-order chi connectivity index (χ0) is 21.8. The van der Waals surface area contributed by atoms with Crippen molar-refractivity contribution in [1.29, 1.82) is 0 Å². The maximum absolute atomic E-state index is 12.4. The van der Waals surface area contributed by atoms with Crippen LogP contribution in [0.5, 0.6) is 5.75 Å². The summed E-state index contributed by atoms with van der Waals surface area (Å²) >= 11 is 5.23. The van der Waals surface area contributed by atoms with Gasteiger partial charge in [-0.05, 0) is 48.6 Å². The van der Waals surface area contributed by atoms with Crippen molar-refractivity contribution in [2.75, 3.05) is 45.9 Å². The van der Waals surface area contributed by atoms with Crippen molar-refractivity contribution in [3.63, 3.8) is 0 Å². The number of hydrogen-bond donors (Lipinski definition) is 3. The molecule has 0 aliphatic carbocycles. The van der Waals surface area contributed by atoms with Crippen molar-refractivity contribution in [2.24, 2.45) is 0 Å². The first-order chi connectivity index (χ1) is 14.5. The normalized spacial score (nSPS) is 10.2. The molecule has 2 amide bonds. The second kappa shape index (κ2) is 12.5. The van der Waals surface area contributed by atoms with Crippen LogP contribution in [0.3, 0.4) is 0 Å². The Morgan fingerprint density at radius 3 is 2.30 bits per heavy atom. The predicted molar refractivity (Wildman–Crippen MR) is 118 cm³/mol. The van der Waals surface area contributed by atoms with Crippen molar-refractivity contribution < 1.29 is 23.8 Å². The van der Waals surface area contributed by atoms with Gasteiger partial charge in [0.25, 0.3) is 11.8 Å². The fraction of sp³-hybridized carbons (Fsp3) is 0.286. The Bertz CT molecular complexity index is 858.